The second-order valence-electron chi connectivity index (χ2n) is 3.71. The molecule has 0 fully saturated rings. The Kier molecular flexibility index (Phi) is 3.86. The maximum absolute atomic E-state index is 11.8. The van der Waals surface area contributed by atoms with E-state index in [1.165, 1.54) is 0 Å². The smallest absolute Gasteiger partial charge is 0.341 e. The zero-order valence-electron chi connectivity index (χ0n) is 9.73. The van der Waals surface area contributed by atoms with E-state index in [1.54, 1.807) is 25.1 Å². The minimum Gasteiger partial charge on any atom is -0.464 e. The van der Waals surface area contributed by atoms with Gasteiger partial charge in [0.15, 0.2) is 6.04 Å². The summed E-state index contributed by atoms with van der Waals surface area (Å²) < 4.78 is 10.6. The van der Waals surface area contributed by atoms with Crippen molar-refractivity contribution in [1.82, 2.24) is 0 Å². The lowest BCUT2D eigenvalue weighted by Gasteiger charge is -2.14. The van der Waals surface area contributed by atoms with Crippen LogP contribution in [0.15, 0.2) is 22.7 Å². The number of rotatable bonds is 2. The molecule has 1 aliphatic rings. The summed E-state index contributed by atoms with van der Waals surface area (Å²) in [7, 11) is 0. The largest absolute Gasteiger partial charge is 0.464 e. The first-order chi connectivity index (χ1) is 8.63. The minimum atomic E-state index is -0.676. The van der Waals surface area contributed by atoms with Crippen LogP contribution in [0.5, 0.6) is 0 Å². The molecule has 0 bridgehead atoms. The Labute approximate surface area is 113 Å². The van der Waals surface area contributed by atoms with Crippen LogP contribution < -0.4 is 5.32 Å². The van der Waals surface area contributed by atoms with Crippen LogP contribution in [0.3, 0.4) is 0 Å². The normalized spacial score (nSPS) is 18.1. The highest BCUT2D eigenvalue weighted by molar-refractivity contribution is 9.10. The van der Waals surface area contributed by atoms with E-state index in [1.807, 2.05) is 0 Å². The molecule has 0 amide bonds. The summed E-state index contributed by atoms with van der Waals surface area (Å²) in [5.74, 6) is -0.894. The molecule has 1 aromatic carbocycles. The standard InChI is InChI=1S/C12H12BrNO4/c1-2-17-11(15)9-6-18-12(16)10-7(13)4-3-5-8(10)14-9/h3-5,9,14H,2,6H2,1H3. The highest BCUT2D eigenvalue weighted by Crippen LogP contribution is 2.28. The van der Waals surface area contributed by atoms with Gasteiger partial charge in [-0.3, -0.25) is 0 Å². The molecular weight excluding hydrogens is 302 g/mol. The molecule has 5 nitrogen and oxygen atoms in total. The molecule has 0 aromatic heterocycles. The number of ether oxygens (including phenoxy) is 2. The number of esters is 2. The van der Waals surface area contributed by atoms with E-state index in [0.717, 1.165) is 0 Å². The van der Waals surface area contributed by atoms with Crippen molar-refractivity contribution in [3.63, 3.8) is 0 Å². The van der Waals surface area contributed by atoms with Crippen LogP contribution in [-0.2, 0) is 14.3 Å². The van der Waals surface area contributed by atoms with Gasteiger partial charge in [0.05, 0.1) is 17.9 Å². The van der Waals surface area contributed by atoms with E-state index in [2.05, 4.69) is 21.2 Å². The van der Waals surface area contributed by atoms with Crippen molar-refractivity contribution in [2.45, 2.75) is 13.0 Å². The van der Waals surface area contributed by atoms with Gasteiger partial charge in [-0.15, -0.1) is 0 Å². The van der Waals surface area contributed by atoms with Crippen molar-refractivity contribution >= 4 is 33.6 Å². The van der Waals surface area contributed by atoms with Crippen molar-refractivity contribution in [3.05, 3.63) is 28.2 Å². The van der Waals surface area contributed by atoms with Gasteiger partial charge in [-0.2, -0.15) is 0 Å². The van der Waals surface area contributed by atoms with Gasteiger partial charge < -0.3 is 14.8 Å². The number of hydrogen-bond donors (Lipinski definition) is 1. The van der Waals surface area contributed by atoms with E-state index in [9.17, 15) is 9.59 Å². The maximum atomic E-state index is 11.8. The van der Waals surface area contributed by atoms with Crippen LogP contribution >= 0.6 is 15.9 Å². The van der Waals surface area contributed by atoms with Gasteiger partial charge in [0, 0.05) is 4.47 Å². The van der Waals surface area contributed by atoms with Gasteiger partial charge in [0.1, 0.15) is 6.61 Å². The SMILES string of the molecule is CCOC(=O)C1COC(=O)c2c(Br)cccc2N1. The molecule has 18 heavy (non-hydrogen) atoms. The molecule has 1 N–H and O–H groups in total. The van der Waals surface area contributed by atoms with Gasteiger partial charge in [0.25, 0.3) is 0 Å². The summed E-state index contributed by atoms with van der Waals surface area (Å²) in [5, 5.41) is 2.96. The molecule has 0 spiro atoms. The number of halogens is 1. The summed E-state index contributed by atoms with van der Waals surface area (Å²) in [6, 6.07) is 4.56. The van der Waals surface area contributed by atoms with Gasteiger partial charge in [-0.1, -0.05) is 6.07 Å². The topological polar surface area (TPSA) is 64.6 Å². The summed E-state index contributed by atoms with van der Waals surface area (Å²) in [6.45, 7) is 1.97. The molecule has 0 saturated carbocycles. The van der Waals surface area contributed by atoms with Crippen molar-refractivity contribution < 1.29 is 19.1 Å². The van der Waals surface area contributed by atoms with E-state index < -0.39 is 18.0 Å². The fourth-order valence-corrected chi connectivity index (χ4v) is 2.21. The molecule has 1 heterocycles. The van der Waals surface area contributed by atoms with Gasteiger partial charge in [-0.25, -0.2) is 9.59 Å². The molecule has 1 unspecified atom stereocenters. The molecule has 1 aliphatic heterocycles. The third kappa shape index (κ3) is 2.48. The van der Waals surface area contributed by atoms with Crippen molar-refractivity contribution in [1.29, 1.82) is 0 Å². The molecule has 1 aromatic rings. The highest BCUT2D eigenvalue weighted by Gasteiger charge is 2.29. The molecular formula is C12H12BrNO4. The first-order valence-corrected chi connectivity index (χ1v) is 6.31. The van der Waals surface area contributed by atoms with Crippen LogP contribution in [0, 0.1) is 0 Å². The summed E-state index contributed by atoms with van der Waals surface area (Å²) >= 11 is 3.29. The Morgan fingerprint density at radius 1 is 1.61 bits per heavy atom. The quantitative estimate of drug-likeness (QED) is 0.846. The number of hydrogen-bond acceptors (Lipinski definition) is 5. The molecule has 0 radical (unpaired) electrons. The first-order valence-electron chi connectivity index (χ1n) is 5.52. The van der Waals surface area contributed by atoms with Gasteiger partial charge in [0.2, 0.25) is 0 Å². The Morgan fingerprint density at radius 2 is 2.39 bits per heavy atom. The number of nitrogens with one attached hydrogen (secondary N) is 1. The third-order valence-corrected chi connectivity index (χ3v) is 3.16. The second kappa shape index (κ2) is 5.39. The van der Waals surface area contributed by atoms with E-state index in [0.29, 0.717) is 15.7 Å². The van der Waals surface area contributed by atoms with Gasteiger partial charge >= 0.3 is 11.9 Å². The number of anilines is 1. The zero-order valence-corrected chi connectivity index (χ0v) is 11.3. The van der Waals surface area contributed by atoms with Crippen LogP contribution in [0.25, 0.3) is 0 Å². The molecule has 0 aliphatic carbocycles. The monoisotopic (exact) mass is 313 g/mol. The van der Waals surface area contributed by atoms with Crippen LogP contribution in [-0.4, -0.2) is 31.2 Å². The van der Waals surface area contributed by atoms with Crippen molar-refractivity contribution in [2.75, 3.05) is 18.5 Å². The summed E-state index contributed by atoms with van der Waals surface area (Å²) in [4.78, 5) is 23.5. The molecule has 6 heteroatoms. The number of fused-ring (bicyclic) bond motifs is 1. The minimum absolute atomic E-state index is 0.0429. The molecule has 96 valence electrons. The van der Waals surface area contributed by atoms with E-state index >= 15 is 0 Å². The van der Waals surface area contributed by atoms with E-state index in [4.69, 9.17) is 9.47 Å². The van der Waals surface area contributed by atoms with Gasteiger partial charge in [-0.05, 0) is 35.0 Å². The van der Waals surface area contributed by atoms with E-state index in [-0.39, 0.29) is 13.2 Å². The third-order valence-electron chi connectivity index (χ3n) is 2.50. The lowest BCUT2D eigenvalue weighted by Crippen LogP contribution is -2.34. The maximum Gasteiger partial charge on any atom is 0.341 e. The lowest BCUT2D eigenvalue weighted by molar-refractivity contribution is -0.144. The average molecular weight is 314 g/mol. The molecule has 0 saturated heterocycles. The molecule has 1 atom stereocenters. The first kappa shape index (κ1) is 12.9. The summed E-state index contributed by atoms with van der Waals surface area (Å²) in [5.41, 5.74) is 0.953. The predicted molar refractivity (Wildman–Crippen MR) is 68.5 cm³/mol. The average Bonchev–Trinajstić information content (AvgIpc) is 2.50. The highest BCUT2D eigenvalue weighted by atomic mass is 79.9. The fraction of sp³-hybridized carbons (Fsp3) is 0.333. The van der Waals surface area contributed by atoms with Crippen LogP contribution in [0.4, 0.5) is 5.69 Å². The second-order valence-corrected chi connectivity index (χ2v) is 4.56. The number of benzene rings is 1. The van der Waals surface area contributed by atoms with Crippen molar-refractivity contribution in [3.8, 4) is 0 Å². The van der Waals surface area contributed by atoms with Crippen LogP contribution in [0.2, 0.25) is 0 Å². The predicted octanol–water partition coefficient (Wildman–Crippen LogP) is 1.96. The number of carbonyl (C=O) groups is 2. The Balaban J connectivity index is 2.31. The number of carbonyl (C=O) groups excluding carboxylic acids is 2. The van der Waals surface area contributed by atoms with Crippen LogP contribution in [0.1, 0.15) is 17.3 Å². The molecule has 2 rings (SSSR count). The summed E-state index contributed by atoms with van der Waals surface area (Å²) in [6.07, 6.45) is 0. The Hall–Kier alpha value is -1.56. The zero-order chi connectivity index (χ0) is 13.1. The lowest BCUT2D eigenvalue weighted by atomic mass is 10.1. The number of cyclic esters (lactones) is 1. The fourth-order valence-electron chi connectivity index (χ4n) is 1.68. The Morgan fingerprint density at radius 3 is 3.11 bits per heavy atom. The van der Waals surface area contributed by atoms with Crippen molar-refractivity contribution in [2.24, 2.45) is 0 Å². The Bertz CT molecular complexity index is 489.